The van der Waals surface area contributed by atoms with Crippen LogP contribution in [0.1, 0.15) is 27.6 Å². The first kappa shape index (κ1) is 12.0. The van der Waals surface area contributed by atoms with Gasteiger partial charge in [0.15, 0.2) is 0 Å². The van der Waals surface area contributed by atoms with Crippen LogP contribution in [0.5, 0.6) is 5.75 Å². The lowest BCUT2D eigenvalue weighted by atomic mass is 10.1. The number of carboxylic acid groups (broad SMARTS) is 1. The summed E-state index contributed by atoms with van der Waals surface area (Å²) in [7, 11) is 1.38. The van der Waals surface area contributed by atoms with Crippen LogP contribution in [0.25, 0.3) is 0 Å². The van der Waals surface area contributed by atoms with E-state index in [4.69, 9.17) is 9.47 Å². The summed E-state index contributed by atoms with van der Waals surface area (Å²) in [4.78, 5) is 22.1. The number of carbonyl (C=O) groups is 2. The molecule has 1 rings (SSSR count). The number of carboxylic acids is 1. The van der Waals surface area contributed by atoms with Gasteiger partial charge in [-0.25, -0.2) is 4.79 Å². The van der Waals surface area contributed by atoms with Crippen molar-refractivity contribution in [1.29, 1.82) is 0 Å². The molecule has 0 atom stereocenters. The van der Waals surface area contributed by atoms with Crippen molar-refractivity contribution < 1.29 is 24.2 Å². The summed E-state index contributed by atoms with van der Waals surface area (Å²) in [5.74, 6) is -1.70. The van der Waals surface area contributed by atoms with Crippen molar-refractivity contribution in [2.45, 2.75) is 6.92 Å². The number of hydrogen-bond donors (Lipinski definition) is 0. The largest absolute Gasteiger partial charge is 0.545 e. The Bertz CT molecular complexity index is 411. The summed E-state index contributed by atoms with van der Waals surface area (Å²) in [6.45, 7) is 1.88. The van der Waals surface area contributed by atoms with Gasteiger partial charge < -0.3 is 19.4 Å². The fraction of sp³-hybridized carbons (Fsp3) is 0.273. The van der Waals surface area contributed by atoms with E-state index in [1.165, 1.54) is 25.3 Å². The van der Waals surface area contributed by atoms with Crippen molar-refractivity contribution in [3.63, 3.8) is 0 Å². The zero-order valence-electron chi connectivity index (χ0n) is 8.98. The van der Waals surface area contributed by atoms with Gasteiger partial charge in [0.25, 0.3) is 0 Å². The van der Waals surface area contributed by atoms with Crippen molar-refractivity contribution in [2.24, 2.45) is 0 Å². The lowest BCUT2D eigenvalue weighted by Gasteiger charge is -2.09. The summed E-state index contributed by atoms with van der Waals surface area (Å²) >= 11 is 0. The minimum absolute atomic E-state index is 0.123. The molecule has 86 valence electrons. The third-order valence-corrected chi connectivity index (χ3v) is 1.89. The highest BCUT2D eigenvalue weighted by Crippen LogP contribution is 2.17. The van der Waals surface area contributed by atoms with Crippen LogP contribution in [-0.4, -0.2) is 25.7 Å². The fourth-order valence-electron chi connectivity index (χ4n) is 1.17. The first-order valence-corrected chi connectivity index (χ1v) is 4.66. The number of methoxy groups -OCH3 is 1. The first-order valence-electron chi connectivity index (χ1n) is 4.66. The smallest absolute Gasteiger partial charge is 0.338 e. The average Bonchev–Trinajstić information content (AvgIpc) is 2.28. The van der Waals surface area contributed by atoms with Crippen LogP contribution in [-0.2, 0) is 4.74 Å². The second kappa shape index (κ2) is 5.16. The molecule has 1 aromatic carbocycles. The molecule has 0 unspecified atom stereocenters. The Hall–Kier alpha value is -2.04. The molecular weight excluding hydrogens is 212 g/mol. The van der Waals surface area contributed by atoms with E-state index in [1.807, 2.05) is 0 Å². The molecule has 0 aliphatic rings. The van der Waals surface area contributed by atoms with Gasteiger partial charge in [0.05, 0.1) is 25.2 Å². The van der Waals surface area contributed by atoms with Crippen LogP contribution in [0.3, 0.4) is 0 Å². The summed E-state index contributed by atoms with van der Waals surface area (Å²) in [5, 5.41) is 10.7. The Morgan fingerprint density at radius 1 is 1.25 bits per heavy atom. The van der Waals surface area contributed by atoms with E-state index < -0.39 is 11.9 Å². The minimum Gasteiger partial charge on any atom is -0.545 e. The summed E-state index contributed by atoms with van der Waals surface area (Å²) in [5.41, 5.74) is 0.00260. The molecule has 0 fully saturated rings. The van der Waals surface area contributed by atoms with Crippen molar-refractivity contribution in [3.8, 4) is 5.75 Å². The van der Waals surface area contributed by atoms with Crippen molar-refractivity contribution in [1.82, 2.24) is 0 Å². The van der Waals surface area contributed by atoms with E-state index >= 15 is 0 Å². The van der Waals surface area contributed by atoms with E-state index in [0.717, 1.165) is 0 Å². The van der Waals surface area contributed by atoms with E-state index in [1.54, 1.807) is 6.92 Å². The zero-order chi connectivity index (χ0) is 12.1. The Morgan fingerprint density at radius 2 is 1.88 bits per heavy atom. The minimum atomic E-state index is -1.37. The van der Waals surface area contributed by atoms with Crippen molar-refractivity contribution >= 4 is 11.9 Å². The Morgan fingerprint density at radius 3 is 2.38 bits per heavy atom. The number of benzene rings is 1. The van der Waals surface area contributed by atoms with Gasteiger partial charge in [-0.2, -0.15) is 0 Å². The number of rotatable bonds is 4. The third-order valence-electron chi connectivity index (χ3n) is 1.89. The van der Waals surface area contributed by atoms with Crippen molar-refractivity contribution in [2.75, 3.05) is 13.7 Å². The first-order chi connectivity index (χ1) is 7.58. The predicted octanol–water partition coefficient (Wildman–Crippen LogP) is 0.235. The van der Waals surface area contributed by atoms with Gasteiger partial charge in [-0.1, -0.05) is 0 Å². The number of ether oxygens (including phenoxy) is 2. The molecule has 0 amide bonds. The molecule has 0 aliphatic heterocycles. The van der Waals surface area contributed by atoms with Crippen LogP contribution in [0.15, 0.2) is 18.2 Å². The highest BCUT2D eigenvalue weighted by atomic mass is 16.5. The molecule has 0 aromatic heterocycles. The normalized spacial score (nSPS) is 9.62. The van der Waals surface area contributed by atoms with Crippen LogP contribution in [0.4, 0.5) is 0 Å². The quantitative estimate of drug-likeness (QED) is 0.683. The SMILES string of the molecule is CCOC(=O)c1cc(OC)cc(C(=O)[O-])c1. The topological polar surface area (TPSA) is 75.7 Å². The molecule has 0 heterocycles. The number of esters is 1. The molecule has 1 aromatic rings. The fourth-order valence-corrected chi connectivity index (χ4v) is 1.17. The van der Waals surface area contributed by atoms with Crippen LogP contribution in [0.2, 0.25) is 0 Å². The Kier molecular flexibility index (Phi) is 3.88. The lowest BCUT2D eigenvalue weighted by Crippen LogP contribution is -2.22. The maximum absolute atomic E-state index is 11.4. The maximum atomic E-state index is 11.4. The Labute approximate surface area is 92.6 Å². The molecular formula is C11H11O5-. The number of carbonyl (C=O) groups excluding carboxylic acids is 2. The van der Waals surface area contributed by atoms with Gasteiger partial charge >= 0.3 is 5.97 Å². The van der Waals surface area contributed by atoms with Crippen molar-refractivity contribution in [3.05, 3.63) is 29.3 Å². The summed E-state index contributed by atoms with van der Waals surface area (Å²) < 4.78 is 9.63. The molecule has 0 N–H and O–H groups in total. The second-order valence-corrected chi connectivity index (χ2v) is 2.96. The second-order valence-electron chi connectivity index (χ2n) is 2.96. The van der Waals surface area contributed by atoms with Gasteiger partial charge in [-0.15, -0.1) is 0 Å². The van der Waals surface area contributed by atoms with E-state index in [9.17, 15) is 14.7 Å². The summed E-state index contributed by atoms with van der Waals surface area (Å²) in [6, 6.07) is 3.87. The molecule has 0 saturated carbocycles. The summed E-state index contributed by atoms with van der Waals surface area (Å²) in [6.07, 6.45) is 0. The molecule has 0 radical (unpaired) electrons. The zero-order valence-corrected chi connectivity index (χ0v) is 8.98. The monoisotopic (exact) mass is 223 g/mol. The number of hydrogen-bond acceptors (Lipinski definition) is 5. The van der Waals surface area contributed by atoms with Gasteiger partial charge in [-0.05, 0) is 25.1 Å². The average molecular weight is 223 g/mol. The molecule has 0 saturated heterocycles. The van der Waals surface area contributed by atoms with Gasteiger partial charge in [-0.3, -0.25) is 0 Å². The molecule has 5 heteroatoms. The number of aromatic carboxylic acids is 1. The molecule has 0 spiro atoms. The maximum Gasteiger partial charge on any atom is 0.338 e. The van der Waals surface area contributed by atoms with E-state index in [0.29, 0.717) is 0 Å². The highest BCUT2D eigenvalue weighted by molar-refractivity contribution is 5.94. The highest BCUT2D eigenvalue weighted by Gasteiger charge is 2.10. The molecule has 0 bridgehead atoms. The lowest BCUT2D eigenvalue weighted by molar-refractivity contribution is -0.255. The molecule has 16 heavy (non-hydrogen) atoms. The van der Waals surface area contributed by atoms with E-state index in [2.05, 4.69) is 0 Å². The predicted molar refractivity (Wildman–Crippen MR) is 53.3 cm³/mol. The van der Waals surface area contributed by atoms with Gasteiger partial charge in [0, 0.05) is 5.56 Å². The Balaban J connectivity index is 3.13. The van der Waals surface area contributed by atoms with Crippen LogP contribution in [0, 0.1) is 0 Å². The molecule has 5 nitrogen and oxygen atoms in total. The van der Waals surface area contributed by atoms with Gasteiger partial charge in [0.2, 0.25) is 0 Å². The van der Waals surface area contributed by atoms with E-state index in [-0.39, 0.29) is 23.5 Å². The molecule has 0 aliphatic carbocycles. The van der Waals surface area contributed by atoms with Crippen LogP contribution < -0.4 is 9.84 Å². The van der Waals surface area contributed by atoms with Gasteiger partial charge in [0.1, 0.15) is 5.75 Å². The third kappa shape index (κ3) is 2.73. The van der Waals surface area contributed by atoms with Crippen LogP contribution >= 0.6 is 0 Å². The standard InChI is InChI=1S/C11H12O5/c1-3-16-11(14)8-4-7(10(12)13)5-9(6-8)15-2/h4-6H,3H2,1-2H3,(H,12,13)/p-1.